The Balaban J connectivity index is 3.62. The van der Waals surface area contributed by atoms with E-state index in [0.717, 1.165) is 0 Å². The molecule has 8 heteroatoms. The van der Waals surface area contributed by atoms with Crippen molar-refractivity contribution >= 4 is 15.9 Å². The van der Waals surface area contributed by atoms with Crippen LogP contribution in [0.2, 0.25) is 0 Å². The minimum absolute atomic E-state index is 0.0505. The minimum Gasteiger partial charge on any atom is -0.497 e. The van der Waals surface area contributed by atoms with Crippen molar-refractivity contribution in [2.45, 2.75) is 32.1 Å². The van der Waals surface area contributed by atoms with Gasteiger partial charge in [-0.3, -0.25) is 4.79 Å². The molecule has 0 heterocycles. The molecule has 0 aliphatic rings. The Morgan fingerprint density at radius 1 is 1.22 bits per heavy atom. The fourth-order valence-corrected chi connectivity index (χ4v) is 2.87. The van der Waals surface area contributed by atoms with Gasteiger partial charge in [-0.25, -0.2) is 13.6 Å². The normalized spacial score (nSPS) is 11.2. The molecular formula is C15H24N2O5S. The maximum atomic E-state index is 12.7. The summed E-state index contributed by atoms with van der Waals surface area (Å²) in [5.74, 6) is -0.0175. The number of carbonyl (C=O) groups excluding carboxylic acids is 1. The van der Waals surface area contributed by atoms with E-state index in [-0.39, 0.29) is 22.0 Å². The molecule has 1 aromatic carbocycles. The second-order valence-electron chi connectivity index (χ2n) is 4.87. The van der Waals surface area contributed by atoms with Gasteiger partial charge in [0.1, 0.15) is 22.0 Å². The first-order valence-corrected chi connectivity index (χ1v) is 9.01. The number of hydrogen-bond acceptors (Lipinski definition) is 5. The van der Waals surface area contributed by atoms with Crippen LogP contribution < -0.4 is 14.6 Å². The van der Waals surface area contributed by atoms with Crippen molar-refractivity contribution in [3.05, 3.63) is 17.7 Å². The summed E-state index contributed by atoms with van der Waals surface area (Å²) in [6, 6.07) is 2.74. The van der Waals surface area contributed by atoms with E-state index in [1.807, 2.05) is 20.8 Å². The molecule has 0 aliphatic heterocycles. The van der Waals surface area contributed by atoms with E-state index >= 15 is 0 Å². The van der Waals surface area contributed by atoms with Gasteiger partial charge in [0.2, 0.25) is 10.0 Å². The minimum atomic E-state index is -4.12. The van der Waals surface area contributed by atoms with Crippen LogP contribution in [0.25, 0.3) is 0 Å². The predicted molar refractivity (Wildman–Crippen MR) is 87.4 cm³/mol. The molecule has 0 spiro atoms. The largest absolute Gasteiger partial charge is 0.497 e. The number of hydrogen-bond donors (Lipinski definition) is 1. The van der Waals surface area contributed by atoms with Gasteiger partial charge in [0.25, 0.3) is 5.91 Å². The lowest BCUT2D eigenvalue weighted by atomic mass is 10.1. The van der Waals surface area contributed by atoms with Crippen LogP contribution in [0.4, 0.5) is 0 Å². The molecule has 7 nitrogen and oxygen atoms in total. The third-order valence-electron chi connectivity index (χ3n) is 3.31. The number of primary sulfonamides is 1. The van der Waals surface area contributed by atoms with Crippen molar-refractivity contribution in [2.75, 3.05) is 26.8 Å². The Labute approximate surface area is 137 Å². The molecule has 0 fully saturated rings. The zero-order chi connectivity index (χ0) is 17.6. The topological polar surface area (TPSA) is 98.9 Å². The maximum Gasteiger partial charge on any atom is 0.258 e. The molecule has 0 radical (unpaired) electrons. The lowest BCUT2D eigenvalue weighted by Crippen LogP contribution is -2.32. The van der Waals surface area contributed by atoms with Gasteiger partial charge < -0.3 is 14.4 Å². The van der Waals surface area contributed by atoms with Crippen LogP contribution in [-0.2, 0) is 10.0 Å². The Bertz CT molecular complexity index is 654. The van der Waals surface area contributed by atoms with E-state index in [2.05, 4.69) is 0 Å². The number of amides is 1. The van der Waals surface area contributed by atoms with E-state index in [4.69, 9.17) is 14.6 Å². The van der Waals surface area contributed by atoms with Gasteiger partial charge in [-0.15, -0.1) is 0 Å². The summed E-state index contributed by atoms with van der Waals surface area (Å²) in [5.41, 5.74) is -0.0505. The maximum absolute atomic E-state index is 12.7. The molecule has 1 aromatic rings. The molecule has 0 atom stereocenters. The highest BCUT2D eigenvalue weighted by atomic mass is 32.2. The summed E-state index contributed by atoms with van der Waals surface area (Å²) in [7, 11) is -2.72. The van der Waals surface area contributed by atoms with Crippen molar-refractivity contribution < 1.29 is 22.7 Å². The first kappa shape index (κ1) is 19.2. The Kier molecular flexibility index (Phi) is 6.83. The molecule has 2 N–H and O–H groups in total. The van der Waals surface area contributed by atoms with E-state index in [0.29, 0.717) is 26.1 Å². The molecule has 0 bridgehead atoms. The zero-order valence-corrected chi connectivity index (χ0v) is 14.8. The highest BCUT2D eigenvalue weighted by molar-refractivity contribution is 7.89. The molecular weight excluding hydrogens is 320 g/mol. The van der Waals surface area contributed by atoms with Gasteiger partial charge in [0.05, 0.1) is 13.7 Å². The summed E-state index contributed by atoms with van der Waals surface area (Å²) < 4.78 is 34.6. The Morgan fingerprint density at radius 3 is 2.26 bits per heavy atom. The zero-order valence-electron chi connectivity index (χ0n) is 14.0. The Hall–Kier alpha value is -1.80. The second-order valence-corrected chi connectivity index (χ2v) is 6.40. The fourth-order valence-electron chi connectivity index (χ4n) is 2.11. The van der Waals surface area contributed by atoms with E-state index in [1.54, 1.807) is 0 Å². The highest BCUT2D eigenvalue weighted by Gasteiger charge is 2.28. The van der Waals surface area contributed by atoms with E-state index in [9.17, 15) is 13.2 Å². The summed E-state index contributed by atoms with van der Waals surface area (Å²) >= 11 is 0. The van der Waals surface area contributed by atoms with Crippen molar-refractivity contribution in [3.8, 4) is 11.5 Å². The average Bonchev–Trinajstić information content (AvgIpc) is 2.51. The molecule has 0 saturated heterocycles. The van der Waals surface area contributed by atoms with Crippen LogP contribution in [0.15, 0.2) is 17.0 Å². The molecule has 130 valence electrons. The van der Waals surface area contributed by atoms with E-state index < -0.39 is 15.9 Å². The van der Waals surface area contributed by atoms with Gasteiger partial charge in [-0.05, 0) is 20.3 Å². The summed E-state index contributed by atoms with van der Waals surface area (Å²) in [5, 5.41) is 5.29. The first-order valence-electron chi connectivity index (χ1n) is 7.46. The van der Waals surface area contributed by atoms with Crippen LogP contribution in [0.1, 0.15) is 37.6 Å². The summed E-state index contributed by atoms with van der Waals surface area (Å²) in [4.78, 5) is 14.0. The number of sulfonamides is 1. The lowest BCUT2D eigenvalue weighted by Gasteiger charge is -2.22. The van der Waals surface area contributed by atoms with Crippen LogP contribution in [0.5, 0.6) is 11.5 Å². The quantitative estimate of drug-likeness (QED) is 0.772. The molecule has 0 aliphatic carbocycles. The lowest BCUT2D eigenvalue weighted by molar-refractivity contribution is 0.0764. The van der Waals surface area contributed by atoms with Crippen LogP contribution in [-0.4, -0.2) is 46.0 Å². The number of carbonyl (C=O) groups is 1. The molecule has 0 saturated carbocycles. The van der Waals surface area contributed by atoms with Crippen LogP contribution in [0.3, 0.4) is 0 Å². The van der Waals surface area contributed by atoms with Crippen LogP contribution >= 0.6 is 0 Å². The highest BCUT2D eigenvalue weighted by Crippen LogP contribution is 2.32. The van der Waals surface area contributed by atoms with Crippen molar-refractivity contribution in [3.63, 3.8) is 0 Å². The predicted octanol–water partition coefficient (Wildman–Crippen LogP) is 1.61. The smallest absolute Gasteiger partial charge is 0.258 e. The van der Waals surface area contributed by atoms with Gasteiger partial charge in [0, 0.05) is 25.2 Å². The average molecular weight is 344 g/mol. The number of methoxy groups -OCH3 is 1. The van der Waals surface area contributed by atoms with Crippen molar-refractivity contribution in [1.82, 2.24) is 4.90 Å². The Morgan fingerprint density at radius 2 is 1.83 bits per heavy atom. The molecule has 0 unspecified atom stereocenters. The number of ether oxygens (including phenoxy) is 2. The van der Waals surface area contributed by atoms with E-state index in [1.165, 1.54) is 24.1 Å². The molecule has 23 heavy (non-hydrogen) atoms. The SMILES string of the molecule is CCCOc1cc(OC)cc(S(N)(=O)=O)c1C(=O)N(CC)CC. The number of benzene rings is 1. The monoisotopic (exact) mass is 344 g/mol. The number of nitrogens with zero attached hydrogens (tertiary/aromatic N) is 1. The van der Waals surface area contributed by atoms with Gasteiger partial charge >= 0.3 is 0 Å². The van der Waals surface area contributed by atoms with Crippen LogP contribution in [0, 0.1) is 0 Å². The second kappa shape index (κ2) is 8.16. The van der Waals surface area contributed by atoms with Gasteiger partial charge in [-0.2, -0.15) is 0 Å². The summed E-state index contributed by atoms with van der Waals surface area (Å²) in [6.45, 7) is 6.77. The number of nitrogens with two attached hydrogens (primary N) is 1. The fraction of sp³-hybridized carbons (Fsp3) is 0.533. The third kappa shape index (κ3) is 4.59. The summed E-state index contributed by atoms with van der Waals surface area (Å²) in [6.07, 6.45) is 0.709. The van der Waals surface area contributed by atoms with Gasteiger partial charge in [0.15, 0.2) is 0 Å². The molecule has 1 rings (SSSR count). The molecule has 0 aromatic heterocycles. The number of rotatable bonds is 8. The standard InChI is InChI=1S/C15H24N2O5S/c1-5-8-22-12-9-11(21-4)10-13(23(16,19)20)14(12)15(18)17(6-2)7-3/h9-10H,5-8H2,1-4H3,(H2,16,19,20). The van der Waals surface area contributed by atoms with Crippen molar-refractivity contribution in [2.24, 2.45) is 5.14 Å². The van der Waals surface area contributed by atoms with Gasteiger partial charge in [-0.1, -0.05) is 6.92 Å². The molecule has 1 amide bonds. The van der Waals surface area contributed by atoms with Crippen molar-refractivity contribution in [1.29, 1.82) is 0 Å². The third-order valence-corrected chi connectivity index (χ3v) is 4.24. The first-order chi connectivity index (χ1) is 10.8.